The summed E-state index contributed by atoms with van der Waals surface area (Å²) in [5, 5.41) is 0. The average Bonchev–Trinajstić information content (AvgIpc) is 2.73. The Bertz CT molecular complexity index is 576. The lowest BCUT2D eigenvalue weighted by Gasteiger charge is -2.03. The van der Waals surface area contributed by atoms with Gasteiger partial charge in [-0.25, -0.2) is 4.79 Å². The molecule has 1 aromatic carbocycles. The third-order valence-corrected chi connectivity index (χ3v) is 2.84. The molecule has 0 aliphatic rings. The summed E-state index contributed by atoms with van der Waals surface area (Å²) in [5.74, 6) is 0. The van der Waals surface area contributed by atoms with Gasteiger partial charge in [-0.15, -0.1) is 0 Å². The number of nitrogens with zero attached hydrogens (tertiary/aromatic N) is 2. The molecule has 0 bridgehead atoms. The quantitative estimate of drug-likeness (QED) is 0.809. The smallest absolute Gasteiger partial charge is 0.297 e. The first-order valence-corrected chi connectivity index (χ1v) is 6.17. The third-order valence-electron chi connectivity index (χ3n) is 2.84. The van der Waals surface area contributed by atoms with Gasteiger partial charge in [0.15, 0.2) is 0 Å². The Labute approximate surface area is 107 Å². The maximum atomic E-state index is 11.9. The molecule has 0 unspecified atom stereocenters. The number of allylic oxidation sites excluding steroid dienone is 1. The zero-order valence-electron chi connectivity index (χ0n) is 10.8. The van der Waals surface area contributed by atoms with Gasteiger partial charge in [0, 0.05) is 25.0 Å². The van der Waals surface area contributed by atoms with E-state index in [9.17, 15) is 4.79 Å². The fourth-order valence-corrected chi connectivity index (χ4v) is 1.83. The third kappa shape index (κ3) is 2.80. The molecule has 0 spiro atoms. The van der Waals surface area contributed by atoms with Crippen molar-refractivity contribution in [2.75, 3.05) is 0 Å². The van der Waals surface area contributed by atoms with Crippen molar-refractivity contribution in [2.24, 2.45) is 0 Å². The van der Waals surface area contributed by atoms with Crippen molar-refractivity contribution in [1.82, 2.24) is 9.13 Å². The Morgan fingerprint density at radius 3 is 2.50 bits per heavy atom. The summed E-state index contributed by atoms with van der Waals surface area (Å²) in [7, 11) is 0. The zero-order valence-corrected chi connectivity index (χ0v) is 10.8. The molecule has 0 saturated heterocycles. The van der Waals surface area contributed by atoms with E-state index in [2.05, 4.69) is 0 Å². The van der Waals surface area contributed by atoms with Crippen LogP contribution in [0.1, 0.15) is 25.5 Å². The van der Waals surface area contributed by atoms with Gasteiger partial charge in [-0.1, -0.05) is 42.5 Å². The van der Waals surface area contributed by atoms with E-state index in [4.69, 9.17) is 0 Å². The SMILES string of the molecule is CC(C)n1ccn(C/C=C/c2ccccc2)c1=O. The van der Waals surface area contributed by atoms with Crippen molar-refractivity contribution in [3.05, 3.63) is 64.8 Å². The summed E-state index contributed by atoms with van der Waals surface area (Å²) >= 11 is 0. The van der Waals surface area contributed by atoms with Crippen molar-refractivity contribution in [2.45, 2.75) is 26.4 Å². The highest BCUT2D eigenvalue weighted by Gasteiger charge is 2.03. The van der Waals surface area contributed by atoms with E-state index in [-0.39, 0.29) is 11.7 Å². The Morgan fingerprint density at radius 1 is 1.17 bits per heavy atom. The van der Waals surface area contributed by atoms with Crippen LogP contribution in [-0.4, -0.2) is 9.13 Å². The first-order valence-electron chi connectivity index (χ1n) is 6.17. The van der Waals surface area contributed by atoms with Gasteiger partial charge in [0.1, 0.15) is 0 Å². The molecule has 2 aromatic rings. The lowest BCUT2D eigenvalue weighted by Crippen LogP contribution is -2.24. The van der Waals surface area contributed by atoms with E-state index in [0.29, 0.717) is 6.54 Å². The minimum absolute atomic E-state index is 0.0442. The van der Waals surface area contributed by atoms with Gasteiger partial charge in [-0.2, -0.15) is 0 Å². The second kappa shape index (κ2) is 5.54. The second-order valence-corrected chi connectivity index (χ2v) is 4.55. The number of benzene rings is 1. The molecule has 2 rings (SSSR count). The minimum atomic E-state index is 0.0442. The first-order chi connectivity index (χ1) is 8.68. The number of imidazole rings is 1. The lowest BCUT2D eigenvalue weighted by molar-refractivity contribution is 0.562. The van der Waals surface area contributed by atoms with Crippen LogP contribution >= 0.6 is 0 Å². The molecule has 0 saturated carbocycles. The van der Waals surface area contributed by atoms with Crippen molar-refractivity contribution >= 4 is 6.08 Å². The zero-order chi connectivity index (χ0) is 13.0. The van der Waals surface area contributed by atoms with Crippen LogP contribution in [0.2, 0.25) is 0 Å². The lowest BCUT2D eigenvalue weighted by atomic mass is 10.2. The monoisotopic (exact) mass is 242 g/mol. The van der Waals surface area contributed by atoms with Crippen molar-refractivity contribution in [3.8, 4) is 0 Å². The Morgan fingerprint density at radius 2 is 1.89 bits per heavy atom. The number of aromatic nitrogens is 2. The molecular formula is C15H18N2O. The molecular weight excluding hydrogens is 224 g/mol. The molecule has 18 heavy (non-hydrogen) atoms. The van der Waals surface area contributed by atoms with E-state index in [0.717, 1.165) is 5.56 Å². The predicted octanol–water partition coefficient (Wildman–Crippen LogP) is 2.94. The summed E-state index contributed by atoms with van der Waals surface area (Å²) in [5.41, 5.74) is 1.19. The van der Waals surface area contributed by atoms with Crippen LogP contribution in [0.4, 0.5) is 0 Å². The van der Waals surface area contributed by atoms with E-state index in [1.165, 1.54) is 0 Å². The topological polar surface area (TPSA) is 26.9 Å². The van der Waals surface area contributed by atoms with Gasteiger partial charge in [-0.05, 0) is 19.4 Å². The number of hydrogen-bond acceptors (Lipinski definition) is 1. The van der Waals surface area contributed by atoms with Crippen molar-refractivity contribution in [1.29, 1.82) is 0 Å². The molecule has 3 heteroatoms. The summed E-state index contributed by atoms with van der Waals surface area (Å²) < 4.78 is 3.44. The van der Waals surface area contributed by atoms with Gasteiger partial charge in [-0.3, -0.25) is 9.13 Å². The van der Waals surface area contributed by atoms with Gasteiger partial charge >= 0.3 is 5.69 Å². The van der Waals surface area contributed by atoms with Crippen molar-refractivity contribution in [3.63, 3.8) is 0 Å². The van der Waals surface area contributed by atoms with Crippen LogP contribution in [-0.2, 0) is 6.54 Å². The highest BCUT2D eigenvalue weighted by atomic mass is 16.1. The van der Waals surface area contributed by atoms with Crippen LogP contribution in [0.5, 0.6) is 0 Å². The molecule has 3 nitrogen and oxygen atoms in total. The van der Waals surface area contributed by atoms with Crippen LogP contribution in [0, 0.1) is 0 Å². The van der Waals surface area contributed by atoms with Crippen LogP contribution < -0.4 is 5.69 Å². The van der Waals surface area contributed by atoms with Crippen LogP contribution in [0.3, 0.4) is 0 Å². The maximum Gasteiger partial charge on any atom is 0.328 e. The van der Waals surface area contributed by atoms with Gasteiger partial charge in [0.25, 0.3) is 0 Å². The number of rotatable bonds is 4. The molecule has 0 fully saturated rings. The van der Waals surface area contributed by atoms with E-state index in [1.54, 1.807) is 9.13 Å². The second-order valence-electron chi connectivity index (χ2n) is 4.55. The summed E-state index contributed by atoms with van der Waals surface area (Å²) in [4.78, 5) is 11.9. The summed E-state index contributed by atoms with van der Waals surface area (Å²) in [6, 6.07) is 10.3. The molecule has 0 N–H and O–H groups in total. The maximum absolute atomic E-state index is 11.9. The first kappa shape index (κ1) is 12.4. The predicted molar refractivity (Wildman–Crippen MR) is 74.6 cm³/mol. The Hall–Kier alpha value is -2.03. The summed E-state index contributed by atoms with van der Waals surface area (Å²) in [6.07, 6.45) is 7.70. The van der Waals surface area contributed by atoms with E-state index in [1.807, 2.05) is 68.7 Å². The Balaban J connectivity index is 2.07. The molecule has 0 atom stereocenters. The minimum Gasteiger partial charge on any atom is -0.297 e. The van der Waals surface area contributed by atoms with Gasteiger partial charge < -0.3 is 0 Å². The van der Waals surface area contributed by atoms with E-state index < -0.39 is 0 Å². The van der Waals surface area contributed by atoms with Crippen LogP contribution in [0.25, 0.3) is 6.08 Å². The van der Waals surface area contributed by atoms with E-state index >= 15 is 0 Å². The standard InChI is InChI=1S/C15H18N2O/c1-13(2)17-12-11-16(15(17)18)10-6-9-14-7-4-3-5-8-14/h3-9,11-13H,10H2,1-2H3/b9-6+. The molecule has 0 amide bonds. The molecule has 0 aliphatic heterocycles. The highest BCUT2D eigenvalue weighted by molar-refractivity contribution is 5.48. The molecule has 0 radical (unpaired) electrons. The highest BCUT2D eigenvalue weighted by Crippen LogP contribution is 2.02. The fraction of sp³-hybridized carbons (Fsp3) is 0.267. The van der Waals surface area contributed by atoms with Crippen molar-refractivity contribution < 1.29 is 0 Å². The van der Waals surface area contributed by atoms with Crippen LogP contribution in [0.15, 0.2) is 53.6 Å². The average molecular weight is 242 g/mol. The normalized spacial score (nSPS) is 11.5. The van der Waals surface area contributed by atoms with Gasteiger partial charge in [0.2, 0.25) is 0 Å². The molecule has 1 heterocycles. The fourth-order valence-electron chi connectivity index (χ4n) is 1.83. The molecule has 0 aliphatic carbocycles. The number of hydrogen-bond donors (Lipinski definition) is 0. The molecule has 94 valence electrons. The largest absolute Gasteiger partial charge is 0.328 e. The molecule has 1 aromatic heterocycles. The van der Waals surface area contributed by atoms with Gasteiger partial charge in [0.05, 0.1) is 0 Å². The Kier molecular flexibility index (Phi) is 3.82. The summed E-state index contributed by atoms with van der Waals surface area (Å²) in [6.45, 7) is 4.62.